The van der Waals surface area contributed by atoms with Crippen LogP contribution in [0.4, 0.5) is 14.5 Å². The number of nitrogens with one attached hydrogen (secondary N) is 1. The fourth-order valence-corrected chi connectivity index (χ4v) is 2.50. The molecule has 0 aliphatic carbocycles. The van der Waals surface area contributed by atoms with E-state index in [1.54, 1.807) is 0 Å². The van der Waals surface area contributed by atoms with Crippen molar-refractivity contribution in [1.82, 2.24) is 4.98 Å². The molecule has 0 aliphatic rings. The molecule has 9 heteroatoms. The molecule has 21 heavy (non-hydrogen) atoms. The zero-order valence-electron chi connectivity index (χ0n) is 10.2. The fraction of sp³-hybridized carbons (Fsp3) is 0. The summed E-state index contributed by atoms with van der Waals surface area (Å²) in [6, 6.07) is 4.92. The molecule has 0 atom stereocenters. The van der Waals surface area contributed by atoms with Gasteiger partial charge in [-0.3, -0.25) is 4.72 Å². The van der Waals surface area contributed by atoms with Crippen LogP contribution in [0.25, 0.3) is 0 Å². The van der Waals surface area contributed by atoms with Crippen molar-refractivity contribution in [2.75, 3.05) is 4.72 Å². The van der Waals surface area contributed by atoms with E-state index in [2.05, 4.69) is 4.98 Å². The molecule has 110 valence electrons. The SMILES string of the molecule is O=C(O)c1cc(F)c(NS(=O)(=O)c2ccccn2)cc1F. The summed E-state index contributed by atoms with van der Waals surface area (Å²) in [6.07, 6.45) is 1.22. The van der Waals surface area contributed by atoms with E-state index >= 15 is 0 Å². The number of aromatic carboxylic acids is 1. The van der Waals surface area contributed by atoms with Gasteiger partial charge in [-0.15, -0.1) is 0 Å². The molecular weight excluding hydrogens is 306 g/mol. The van der Waals surface area contributed by atoms with Crippen LogP contribution in [-0.4, -0.2) is 24.5 Å². The zero-order chi connectivity index (χ0) is 15.6. The van der Waals surface area contributed by atoms with E-state index in [1.807, 2.05) is 4.72 Å². The Bertz CT molecular complexity index is 794. The summed E-state index contributed by atoms with van der Waals surface area (Å²) in [6.45, 7) is 0. The van der Waals surface area contributed by atoms with Crippen LogP contribution in [0.2, 0.25) is 0 Å². The van der Waals surface area contributed by atoms with Gasteiger partial charge < -0.3 is 5.11 Å². The van der Waals surface area contributed by atoms with Crippen molar-refractivity contribution in [3.05, 3.63) is 53.7 Å². The lowest BCUT2D eigenvalue weighted by Crippen LogP contribution is -2.16. The van der Waals surface area contributed by atoms with Gasteiger partial charge in [0, 0.05) is 12.3 Å². The third kappa shape index (κ3) is 3.14. The van der Waals surface area contributed by atoms with Crippen LogP contribution >= 0.6 is 0 Å². The largest absolute Gasteiger partial charge is 0.478 e. The first kappa shape index (κ1) is 14.9. The van der Waals surface area contributed by atoms with Crippen molar-refractivity contribution < 1.29 is 27.1 Å². The van der Waals surface area contributed by atoms with Crippen molar-refractivity contribution in [3.63, 3.8) is 0 Å². The highest BCUT2D eigenvalue weighted by atomic mass is 32.2. The highest BCUT2D eigenvalue weighted by Crippen LogP contribution is 2.22. The summed E-state index contributed by atoms with van der Waals surface area (Å²) in [5, 5.41) is 8.25. The molecule has 0 saturated heterocycles. The third-order valence-corrected chi connectivity index (χ3v) is 3.73. The van der Waals surface area contributed by atoms with E-state index in [-0.39, 0.29) is 5.03 Å². The van der Waals surface area contributed by atoms with Crippen LogP contribution in [0.15, 0.2) is 41.6 Å². The summed E-state index contributed by atoms with van der Waals surface area (Å²) in [5.74, 6) is -4.14. The Labute approximate surface area is 118 Å². The molecule has 0 saturated carbocycles. The van der Waals surface area contributed by atoms with Crippen LogP contribution in [0.3, 0.4) is 0 Å². The van der Waals surface area contributed by atoms with E-state index in [0.717, 1.165) is 0 Å². The van der Waals surface area contributed by atoms with Crippen LogP contribution in [0, 0.1) is 11.6 Å². The molecular formula is C12H8F2N2O4S. The molecule has 1 aromatic heterocycles. The minimum Gasteiger partial charge on any atom is -0.478 e. The number of aromatic nitrogens is 1. The average Bonchev–Trinajstić information content (AvgIpc) is 2.43. The van der Waals surface area contributed by atoms with Gasteiger partial charge in [-0.2, -0.15) is 8.42 Å². The van der Waals surface area contributed by atoms with E-state index in [4.69, 9.17) is 5.11 Å². The predicted octanol–water partition coefficient (Wildman–Crippen LogP) is 1.86. The van der Waals surface area contributed by atoms with Crippen LogP contribution in [-0.2, 0) is 10.0 Å². The number of carbonyl (C=O) groups is 1. The quantitative estimate of drug-likeness (QED) is 0.898. The van der Waals surface area contributed by atoms with Crippen molar-refractivity contribution in [3.8, 4) is 0 Å². The molecule has 0 bridgehead atoms. The number of hydrogen-bond donors (Lipinski definition) is 2. The highest BCUT2D eigenvalue weighted by molar-refractivity contribution is 7.92. The molecule has 6 nitrogen and oxygen atoms in total. The summed E-state index contributed by atoms with van der Waals surface area (Å²) >= 11 is 0. The van der Waals surface area contributed by atoms with Crippen molar-refractivity contribution >= 4 is 21.7 Å². The number of carboxylic acid groups (broad SMARTS) is 1. The monoisotopic (exact) mass is 314 g/mol. The van der Waals surface area contributed by atoms with Crippen molar-refractivity contribution in [1.29, 1.82) is 0 Å². The molecule has 1 aromatic carbocycles. The highest BCUT2D eigenvalue weighted by Gasteiger charge is 2.20. The average molecular weight is 314 g/mol. The van der Waals surface area contributed by atoms with Gasteiger partial charge in [0.15, 0.2) is 5.03 Å². The number of pyridine rings is 1. The number of anilines is 1. The molecule has 2 rings (SSSR count). The second-order valence-electron chi connectivity index (χ2n) is 3.89. The second kappa shape index (κ2) is 5.44. The van der Waals surface area contributed by atoms with E-state index in [1.165, 1.54) is 24.4 Å². The van der Waals surface area contributed by atoms with Gasteiger partial charge in [0.05, 0.1) is 11.3 Å². The molecule has 0 radical (unpaired) electrons. The van der Waals surface area contributed by atoms with Gasteiger partial charge in [-0.25, -0.2) is 18.6 Å². The van der Waals surface area contributed by atoms with Gasteiger partial charge in [-0.05, 0) is 18.2 Å². The van der Waals surface area contributed by atoms with Gasteiger partial charge in [0.25, 0.3) is 10.0 Å². The Morgan fingerprint density at radius 3 is 2.48 bits per heavy atom. The lowest BCUT2D eigenvalue weighted by atomic mass is 10.2. The molecule has 2 aromatic rings. The van der Waals surface area contributed by atoms with Crippen LogP contribution in [0.5, 0.6) is 0 Å². The Morgan fingerprint density at radius 1 is 1.19 bits per heavy atom. The lowest BCUT2D eigenvalue weighted by molar-refractivity contribution is 0.0691. The summed E-state index contributed by atoms with van der Waals surface area (Å²) in [7, 11) is -4.20. The van der Waals surface area contributed by atoms with Gasteiger partial charge in [0.1, 0.15) is 11.6 Å². The molecule has 0 unspecified atom stereocenters. The third-order valence-electron chi connectivity index (χ3n) is 2.44. The van der Waals surface area contributed by atoms with E-state index < -0.39 is 38.9 Å². The number of benzene rings is 1. The summed E-state index contributed by atoms with van der Waals surface area (Å²) in [4.78, 5) is 14.2. The Morgan fingerprint density at radius 2 is 1.90 bits per heavy atom. The Hall–Kier alpha value is -2.55. The molecule has 2 N–H and O–H groups in total. The van der Waals surface area contributed by atoms with E-state index in [9.17, 15) is 22.0 Å². The Kier molecular flexibility index (Phi) is 3.85. The lowest BCUT2D eigenvalue weighted by Gasteiger charge is -2.09. The minimum absolute atomic E-state index is 0.382. The molecule has 0 aliphatic heterocycles. The number of carboxylic acids is 1. The van der Waals surface area contributed by atoms with Crippen LogP contribution < -0.4 is 4.72 Å². The second-order valence-corrected chi connectivity index (χ2v) is 5.52. The maximum atomic E-state index is 13.7. The molecule has 0 amide bonds. The maximum absolute atomic E-state index is 13.7. The Balaban J connectivity index is 2.41. The van der Waals surface area contributed by atoms with Gasteiger partial charge in [0.2, 0.25) is 0 Å². The van der Waals surface area contributed by atoms with Crippen molar-refractivity contribution in [2.45, 2.75) is 5.03 Å². The van der Waals surface area contributed by atoms with E-state index in [0.29, 0.717) is 12.1 Å². The fourth-order valence-electron chi connectivity index (χ4n) is 1.49. The standard InChI is InChI=1S/C12H8F2N2O4S/c13-8-6-10(9(14)5-7(8)12(17)18)16-21(19,20)11-3-1-2-4-15-11/h1-6,16H,(H,17,18). The zero-order valence-corrected chi connectivity index (χ0v) is 11.1. The first-order chi connectivity index (χ1) is 9.81. The topological polar surface area (TPSA) is 96.4 Å². The summed E-state index contributed by atoms with van der Waals surface area (Å²) < 4.78 is 52.7. The smallest absolute Gasteiger partial charge is 0.338 e. The minimum atomic E-state index is -4.20. The number of halogens is 2. The summed E-state index contributed by atoms with van der Waals surface area (Å²) in [5.41, 5.74) is -1.60. The first-order valence-corrected chi connectivity index (χ1v) is 6.96. The number of hydrogen-bond acceptors (Lipinski definition) is 4. The number of rotatable bonds is 4. The molecule has 1 heterocycles. The predicted molar refractivity (Wildman–Crippen MR) is 68.4 cm³/mol. The molecule has 0 spiro atoms. The van der Waals surface area contributed by atoms with Crippen molar-refractivity contribution in [2.24, 2.45) is 0 Å². The maximum Gasteiger partial charge on any atom is 0.338 e. The van der Waals surface area contributed by atoms with Gasteiger partial charge >= 0.3 is 5.97 Å². The first-order valence-electron chi connectivity index (χ1n) is 5.47. The normalized spacial score (nSPS) is 11.1. The van der Waals surface area contributed by atoms with Crippen LogP contribution in [0.1, 0.15) is 10.4 Å². The van der Waals surface area contributed by atoms with Gasteiger partial charge in [-0.1, -0.05) is 6.07 Å². The molecule has 0 fully saturated rings. The number of nitrogens with zero attached hydrogens (tertiary/aromatic N) is 1. The number of sulfonamides is 1.